The van der Waals surface area contributed by atoms with Crippen LogP contribution in [-0.2, 0) is 0 Å². The van der Waals surface area contributed by atoms with Crippen molar-refractivity contribution in [2.24, 2.45) is 0 Å². The third-order valence-electron chi connectivity index (χ3n) is 3.11. The summed E-state index contributed by atoms with van der Waals surface area (Å²) in [6, 6.07) is 12.8. The largest absolute Gasteiger partial charge is 0.519 e. The van der Waals surface area contributed by atoms with Crippen molar-refractivity contribution in [3.8, 4) is 11.5 Å². The molecule has 26 heavy (non-hydrogen) atoms. The van der Waals surface area contributed by atoms with E-state index in [1.807, 2.05) is 25.1 Å². The summed E-state index contributed by atoms with van der Waals surface area (Å²) in [6.07, 6.45) is 0.992. The van der Waals surface area contributed by atoms with Gasteiger partial charge in [0, 0.05) is 9.99 Å². The maximum absolute atomic E-state index is 11.9. The fourth-order valence-corrected chi connectivity index (χ4v) is 4.08. The summed E-state index contributed by atoms with van der Waals surface area (Å²) in [6.45, 7) is 1.95. The average molecular weight is 409 g/mol. The lowest BCUT2D eigenvalue weighted by Crippen LogP contribution is -2.15. The topological polar surface area (TPSA) is 72.8 Å². The van der Waals surface area contributed by atoms with Gasteiger partial charge in [-0.05, 0) is 36.8 Å². The van der Waals surface area contributed by atoms with Gasteiger partial charge in [-0.3, -0.25) is 0 Å². The molecule has 0 heterocycles. The van der Waals surface area contributed by atoms with Crippen molar-refractivity contribution in [1.82, 2.24) is 0 Å². The number of allylic oxidation sites excluding steroid dienone is 1. The van der Waals surface area contributed by atoms with E-state index in [4.69, 9.17) is 14.6 Å². The number of hydrogen-bond acceptors (Lipinski definition) is 7. The molecule has 0 amide bonds. The SMILES string of the molecule is C/C=C(\SSCS)c1ccc(OC(=O)Oc2ccccc2C(=O)O)cc1. The second-order valence-electron chi connectivity index (χ2n) is 4.76. The number of rotatable bonds is 7. The van der Waals surface area contributed by atoms with Crippen LogP contribution in [-0.4, -0.2) is 22.3 Å². The molecule has 2 aromatic carbocycles. The van der Waals surface area contributed by atoms with Crippen LogP contribution in [0.25, 0.3) is 4.91 Å². The Balaban J connectivity index is 2.03. The standard InChI is InChI=1S/C18H16O5S3/c1-2-16(26-25-11-24)12-7-9-13(10-8-12)22-18(21)23-15-6-4-3-5-14(15)17(19)20/h2-10,24H,11H2,1H3,(H,19,20)/b16-2-. The van der Waals surface area contributed by atoms with E-state index in [-0.39, 0.29) is 11.3 Å². The van der Waals surface area contributed by atoms with E-state index in [1.165, 1.54) is 12.1 Å². The van der Waals surface area contributed by atoms with Crippen LogP contribution in [0.4, 0.5) is 4.79 Å². The van der Waals surface area contributed by atoms with Crippen LogP contribution in [0.1, 0.15) is 22.8 Å². The average Bonchev–Trinajstić information content (AvgIpc) is 2.63. The number of carboxylic acid groups (broad SMARTS) is 1. The Morgan fingerprint density at radius 3 is 2.42 bits per heavy atom. The number of ether oxygens (including phenoxy) is 2. The van der Waals surface area contributed by atoms with Gasteiger partial charge in [0.15, 0.2) is 0 Å². The molecular weight excluding hydrogens is 392 g/mol. The van der Waals surface area contributed by atoms with Crippen molar-refractivity contribution in [2.45, 2.75) is 6.92 Å². The molecular formula is C18H16O5S3. The molecule has 0 fully saturated rings. The van der Waals surface area contributed by atoms with Gasteiger partial charge in [0.1, 0.15) is 17.1 Å². The number of carboxylic acids is 1. The van der Waals surface area contributed by atoms with E-state index in [1.54, 1.807) is 45.9 Å². The van der Waals surface area contributed by atoms with Gasteiger partial charge in [-0.1, -0.05) is 51.9 Å². The monoisotopic (exact) mass is 408 g/mol. The van der Waals surface area contributed by atoms with Crippen molar-refractivity contribution >= 4 is 51.2 Å². The van der Waals surface area contributed by atoms with Crippen LogP contribution in [0.5, 0.6) is 11.5 Å². The second kappa shape index (κ2) is 10.2. The summed E-state index contributed by atoms with van der Waals surface area (Å²) in [4.78, 5) is 24.1. The first-order valence-corrected chi connectivity index (χ1v) is 10.4. The van der Waals surface area contributed by atoms with Gasteiger partial charge in [-0.25, -0.2) is 9.59 Å². The third-order valence-corrected chi connectivity index (χ3v) is 6.15. The van der Waals surface area contributed by atoms with Crippen molar-refractivity contribution in [1.29, 1.82) is 0 Å². The molecule has 0 saturated heterocycles. The van der Waals surface area contributed by atoms with E-state index < -0.39 is 12.1 Å². The summed E-state index contributed by atoms with van der Waals surface area (Å²) >= 11 is 4.17. The van der Waals surface area contributed by atoms with Gasteiger partial charge in [-0.15, -0.1) is 0 Å². The number of thiol groups is 1. The van der Waals surface area contributed by atoms with Crippen LogP contribution in [0, 0.1) is 0 Å². The molecule has 0 aliphatic rings. The minimum atomic E-state index is -1.19. The predicted molar refractivity (Wildman–Crippen MR) is 109 cm³/mol. The van der Waals surface area contributed by atoms with Crippen molar-refractivity contribution in [2.75, 3.05) is 5.08 Å². The number of hydrogen-bond donors (Lipinski definition) is 2. The molecule has 8 heteroatoms. The molecule has 0 saturated carbocycles. The van der Waals surface area contributed by atoms with E-state index in [2.05, 4.69) is 12.6 Å². The van der Waals surface area contributed by atoms with Crippen LogP contribution >= 0.6 is 34.2 Å². The normalized spacial score (nSPS) is 11.1. The van der Waals surface area contributed by atoms with Crippen molar-refractivity contribution in [3.05, 3.63) is 65.7 Å². The van der Waals surface area contributed by atoms with E-state index in [0.29, 0.717) is 10.8 Å². The van der Waals surface area contributed by atoms with Gasteiger partial charge in [0.2, 0.25) is 0 Å². The zero-order valence-corrected chi connectivity index (χ0v) is 16.3. The minimum Gasteiger partial charge on any atom is -0.478 e. The molecule has 136 valence electrons. The van der Waals surface area contributed by atoms with E-state index >= 15 is 0 Å². The highest BCUT2D eigenvalue weighted by Crippen LogP contribution is 2.37. The van der Waals surface area contributed by atoms with Crippen molar-refractivity contribution in [3.63, 3.8) is 0 Å². The number of aromatic carboxylic acids is 1. The Morgan fingerprint density at radius 1 is 1.12 bits per heavy atom. The first-order valence-electron chi connectivity index (χ1n) is 7.44. The van der Waals surface area contributed by atoms with Gasteiger partial charge < -0.3 is 14.6 Å². The Labute approximate surface area is 164 Å². The summed E-state index contributed by atoms with van der Waals surface area (Å²) in [5, 5.41) is 9.79. The zero-order valence-electron chi connectivity index (χ0n) is 13.7. The smallest absolute Gasteiger partial charge is 0.478 e. The van der Waals surface area contributed by atoms with E-state index in [0.717, 1.165) is 10.5 Å². The molecule has 0 unspecified atom stereocenters. The molecule has 2 rings (SSSR count). The fourth-order valence-electron chi connectivity index (χ4n) is 1.98. The lowest BCUT2D eigenvalue weighted by molar-refractivity contribution is 0.0693. The van der Waals surface area contributed by atoms with Gasteiger partial charge in [0.25, 0.3) is 0 Å². The first-order chi connectivity index (χ1) is 12.5. The second-order valence-corrected chi connectivity index (χ2v) is 7.85. The molecule has 0 atom stereocenters. The zero-order chi connectivity index (χ0) is 18.9. The third kappa shape index (κ3) is 5.76. The number of carbonyl (C=O) groups excluding carboxylic acids is 1. The number of para-hydroxylation sites is 1. The Hall–Kier alpha value is -2.03. The van der Waals surface area contributed by atoms with Gasteiger partial charge in [0.05, 0.1) is 0 Å². The van der Waals surface area contributed by atoms with Crippen molar-refractivity contribution < 1.29 is 24.2 Å². The molecule has 0 aliphatic carbocycles. The molecule has 0 spiro atoms. The summed E-state index contributed by atoms with van der Waals surface area (Å²) in [5.74, 6) is -0.958. The highest BCUT2D eigenvalue weighted by atomic mass is 33.1. The Bertz CT molecular complexity index is 803. The maximum atomic E-state index is 11.9. The number of benzene rings is 2. The maximum Gasteiger partial charge on any atom is 0.519 e. The molecule has 1 N–H and O–H groups in total. The molecule has 0 aliphatic heterocycles. The highest BCUT2D eigenvalue weighted by molar-refractivity contribution is 8.81. The van der Waals surface area contributed by atoms with Crippen LogP contribution in [0.2, 0.25) is 0 Å². The van der Waals surface area contributed by atoms with Gasteiger partial charge in [-0.2, -0.15) is 12.6 Å². The molecule has 0 radical (unpaired) electrons. The lowest BCUT2D eigenvalue weighted by atomic mass is 10.2. The lowest BCUT2D eigenvalue weighted by Gasteiger charge is -2.09. The molecule has 5 nitrogen and oxygen atoms in total. The number of carbonyl (C=O) groups is 2. The molecule has 0 aromatic heterocycles. The van der Waals surface area contributed by atoms with Crippen LogP contribution < -0.4 is 9.47 Å². The molecule has 2 aromatic rings. The van der Waals surface area contributed by atoms with E-state index in [9.17, 15) is 9.59 Å². The fraction of sp³-hybridized carbons (Fsp3) is 0.111. The highest BCUT2D eigenvalue weighted by Gasteiger charge is 2.15. The van der Waals surface area contributed by atoms with Gasteiger partial charge >= 0.3 is 12.1 Å². The summed E-state index contributed by atoms with van der Waals surface area (Å²) < 4.78 is 10.1. The Kier molecular flexibility index (Phi) is 7.96. The molecule has 0 bridgehead atoms. The Morgan fingerprint density at radius 2 is 1.81 bits per heavy atom. The van der Waals surface area contributed by atoms with Crippen LogP contribution in [0.15, 0.2) is 54.6 Å². The predicted octanol–water partition coefficient (Wildman–Crippen LogP) is 5.59. The summed E-state index contributed by atoms with van der Waals surface area (Å²) in [7, 11) is 3.23. The first kappa shape index (κ1) is 20.3. The quantitative estimate of drug-likeness (QED) is 0.203. The van der Waals surface area contributed by atoms with Crippen LogP contribution in [0.3, 0.4) is 0 Å². The summed E-state index contributed by atoms with van der Waals surface area (Å²) in [5.41, 5.74) is 0.875. The minimum absolute atomic E-state index is 0.0713.